The number of piperidine rings is 1. The number of anilines is 3. The summed E-state index contributed by atoms with van der Waals surface area (Å²) < 4.78 is 40.9. The molecule has 12 nitrogen and oxygen atoms in total. The molecule has 0 bridgehead atoms. The molecule has 2 atom stereocenters. The molecule has 0 saturated carbocycles. The number of nitrogens with zero attached hydrogens (tertiary/aromatic N) is 6. The van der Waals surface area contributed by atoms with Crippen LogP contribution in [0.2, 0.25) is 0 Å². The average molecular weight is 856 g/mol. The molecule has 62 heavy (non-hydrogen) atoms. The van der Waals surface area contributed by atoms with E-state index >= 15 is 0 Å². The third-order valence-electron chi connectivity index (χ3n) is 12.9. The van der Waals surface area contributed by atoms with E-state index in [0.717, 1.165) is 105 Å². The number of piperazine rings is 2. The van der Waals surface area contributed by atoms with E-state index in [0.29, 0.717) is 24.2 Å². The van der Waals surface area contributed by atoms with E-state index in [2.05, 4.69) is 59.0 Å². The quantitative estimate of drug-likeness (QED) is 0.0782. The highest BCUT2D eigenvalue weighted by Crippen LogP contribution is 2.36. The van der Waals surface area contributed by atoms with Crippen LogP contribution in [0.15, 0.2) is 60.7 Å². The number of rotatable bonds is 16. The molecule has 3 amide bonds. The molecule has 7 rings (SSSR count). The van der Waals surface area contributed by atoms with Crippen molar-refractivity contribution in [3.8, 4) is 0 Å². The normalized spacial score (nSPS) is 18.5. The molecule has 3 aromatic carbocycles. The maximum absolute atomic E-state index is 13.6. The van der Waals surface area contributed by atoms with Gasteiger partial charge in [-0.2, -0.15) is 18.3 Å². The van der Waals surface area contributed by atoms with Crippen molar-refractivity contribution in [2.45, 2.75) is 83.9 Å². The first kappa shape index (κ1) is 44.8. The van der Waals surface area contributed by atoms with Crippen LogP contribution in [0.1, 0.15) is 91.8 Å². The van der Waals surface area contributed by atoms with Gasteiger partial charge < -0.3 is 20.4 Å². The fraction of sp³-hybridized carbons (Fsp3) is 0.511. The number of halogens is 3. The van der Waals surface area contributed by atoms with Gasteiger partial charge in [0.25, 0.3) is 0 Å². The van der Waals surface area contributed by atoms with Crippen LogP contribution in [-0.2, 0) is 20.6 Å². The highest BCUT2D eigenvalue weighted by atomic mass is 19.4. The summed E-state index contributed by atoms with van der Waals surface area (Å²) in [6.45, 7) is 14.8. The summed E-state index contributed by atoms with van der Waals surface area (Å²) in [5.41, 5.74) is 3.77. The Labute approximate surface area is 362 Å². The minimum Gasteiger partial charge on any atom is -0.376 e. The highest BCUT2D eigenvalue weighted by molar-refractivity contribution is 6.01. The van der Waals surface area contributed by atoms with E-state index in [4.69, 9.17) is 0 Å². The number of aryl methyl sites for hydroxylation is 1. The fourth-order valence-electron chi connectivity index (χ4n) is 9.08. The molecule has 3 fully saturated rings. The molecule has 0 spiro atoms. The van der Waals surface area contributed by atoms with E-state index in [-0.39, 0.29) is 35.7 Å². The lowest BCUT2D eigenvalue weighted by Crippen LogP contribution is -2.50. The van der Waals surface area contributed by atoms with Gasteiger partial charge in [0.15, 0.2) is 5.82 Å². The molecule has 3 N–H and O–H groups in total. The van der Waals surface area contributed by atoms with Gasteiger partial charge in [0.1, 0.15) is 0 Å². The Bertz CT molecular complexity index is 2190. The van der Waals surface area contributed by atoms with Crippen molar-refractivity contribution in [3.05, 3.63) is 88.6 Å². The first-order chi connectivity index (χ1) is 29.8. The Morgan fingerprint density at radius 2 is 1.48 bits per heavy atom. The summed E-state index contributed by atoms with van der Waals surface area (Å²) >= 11 is 0. The van der Waals surface area contributed by atoms with Crippen molar-refractivity contribution in [3.63, 3.8) is 0 Å². The molecule has 1 aromatic heterocycles. The van der Waals surface area contributed by atoms with Crippen molar-refractivity contribution < 1.29 is 27.6 Å². The van der Waals surface area contributed by atoms with Crippen molar-refractivity contribution in [1.29, 1.82) is 0 Å². The molecule has 3 aliphatic heterocycles. The highest BCUT2D eigenvalue weighted by Gasteiger charge is 2.33. The van der Waals surface area contributed by atoms with Crippen LogP contribution >= 0.6 is 0 Å². The van der Waals surface area contributed by atoms with Crippen molar-refractivity contribution in [2.75, 3.05) is 87.5 Å². The Hall–Kier alpha value is -5.28. The van der Waals surface area contributed by atoms with Crippen LogP contribution in [0.5, 0.6) is 0 Å². The lowest BCUT2D eigenvalue weighted by atomic mass is 9.90. The average Bonchev–Trinajstić information content (AvgIpc) is 3.26. The zero-order valence-electron chi connectivity index (χ0n) is 36.2. The number of hydrogen-bond acceptors (Lipinski definition) is 10. The van der Waals surface area contributed by atoms with Gasteiger partial charge in [0.05, 0.1) is 29.8 Å². The summed E-state index contributed by atoms with van der Waals surface area (Å²) in [5, 5.41) is 19.7. The SMILES string of the molecule is Cc1c(C(C)Nc2nnc(C)c3ccc(N4CCN(CCCCCCCN5CCN(C(=O)CNc6ccc(C7CCC(=O)NC7=O)cc6)CC5)CC4)cc23)cccc1C(F)(F)F. The molecule has 0 aliphatic carbocycles. The second kappa shape index (κ2) is 20.3. The van der Waals surface area contributed by atoms with Gasteiger partial charge in [-0.3, -0.25) is 29.5 Å². The van der Waals surface area contributed by atoms with Crippen LogP contribution < -0.4 is 20.9 Å². The molecule has 332 valence electrons. The van der Waals surface area contributed by atoms with Crippen molar-refractivity contribution >= 4 is 45.7 Å². The topological polar surface area (TPSA) is 126 Å². The lowest BCUT2D eigenvalue weighted by molar-refractivity contribution is -0.138. The Morgan fingerprint density at radius 3 is 2.15 bits per heavy atom. The van der Waals surface area contributed by atoms with E-state index in [1.165, 1.54) is 45.1 Å². The number of benzene rings is 3. The molecule has 4 aromatic rings. The van der Waals surface area contributed by atoms with Crippen molar-refractivity contribution in [2.24, 2.45) is 0 Å². The summed E-state index contributed by atoms with van der Waals surface area (Å²) in [5.74, 6) is -0.143. The fourth-order valence-corrected chi connectivity index (χ4v) is 9.08. The first-order valence-electron chi connectivity index (χ1n) is 22.2. The Morgan fingerprint density at radius 1 is 0.823 bits per heavy atom. The Kier molecular flexibility index (Phi) is 14.6. The van der Waals surface area contributed by atoms with Crippen LogP contribution in [0.25, 0.3) is 10.8 Å². The van der Waals surface area contributed by atoms with Gasteiger partial charge in [-0.25, -0.2) is 0 Å². The van der Waals surface area contributed by atoms with Crippen LogP contribution in [-0.4, -0.2) is 115 Å². The predicted molar refractivity (Wildman–Crippen MR) is 237 cm³/mol. The first-order valence-corrected chi connectivity index (χ1v) is 22.2. The largest absolute Gasteiger partial charge is 0.416 e. The number of carbonyl (C=O) groups is 3. The molecule has 2 unspecified atom stereocenters. The third kappa shape index (κ3) is 11.2. The molecule has 3 aliphatic rings. The van der Waals surface area contributed by atoms with Gasteiger partial charge in [0.2, 0.25) is 17.7 Å². The van der Waals surface area contributed by atoms with Crippen LogP contribution in [0.4, 0.5) is 30.4 Å². The van der Waals surface area contributed by atoms with Gasteiger partial charge in [0, 0.05) is 80.9 Å². The number of alkyl halides is 3. The summed E-state index contributed by atoms with van der Waals surface area (Å²) in [6.07, 6.45) is 2.45. The monoisotopic (exact) mass is 855 g/mol. The summed E-state index contributed by atoms with van der Waals surface area (Å²) in [4.78, 5) is 45.9. The Balaban J connectivity index is 0.766. The molecule has 0 radical (unpaired) electrons. The van der Waals surface area contributed by atoms with Crippen LogP contribution in [0, 0.1) is 13.8 Å². The zero-order chi connectivity index (χ0) is 43.8. The number of unbranched alkanes of at least 4 members (excludes halogenated alkanes) is 4. The van der Waals surface area contributed by atoms with E-state index < -0.39 is 17.8 Å². The number of hydrogen-bond donors (Lipinski definition) is 3. The van der Waals surface area contributed by atoms with E-state index in [1.54, 1.807) is 6.07 Å². The van der Waals surface area contributed by atoms with E-state index in [1.807, 2.05) is 43.0 Å². The second-order valence-corrected chi connectivity index (χ2v) is 17.0. The number of aromatic nitrogens is 2. The van der Waals surface area contributed by atoms with Crippen LogP contribution in [0.3, 0.4) is 0 Å². The summed E-state index contributed by atoms with van der Waals surface area (Å²) in [7, 11) is 0. The number of imide groups is 1. The predicted octanol–water partition coefficient (Wildman–Crippen LogP) is 7.29. The minimum absolute atomic E-state index is 0.0866. The van der Waals surface area contributed by atoms with Crippen molar-refractivity contribution in [1.82, 2.24) is 30.2 Å². The van der Waals surface area contributed by atoms with E-state index in [9.17, 15) is 27.6 Å². The van der Waals surface area contributed by atoms with Gasteiger partial charge >= 0.3 is 6.18 Å². The van der Waals surface area contributed by atoms with Gasteiger partial charge in [-0.15, -0.1) is 5.10 Å². The smallest absolute Gasteiger partial charge is 0.376 e. The minimum atomic E-state index is -4.41. The number of nitrogens with one attached hydrogen (secondary N) is 3. The number of amides is 3. The maximum Gasteiger partial charge on any atom is 0.416 e. The number of fused-ring (bicyclic) bond motifs is 1. The van der Waals surface area contributed by atoms with Gasteiger partial charge in [-0.1, -0.05) is 49.6 Å². The van der Waals surface area contributed by atoms with Gasteiger partial charge in [-0.05, 0) is 100 Å². The number of carbonyl (C=O) groups excluding carboxylic acids is 3. The molecule has 3 saturated heterocycles. The standard InChI is InChI=1S/C47H60F3N9O3/c1-32-38(10-9-11-42(32)47(48,49)50)33(2)52-45-41-30-37(16-17-39(41)34(3)54-55-45)58-26-22-56(23-27-58)20-7-5-4-6-8-21-57-24-28-59(29-25-57)44(61)31-51-36-14-12-35(13-15-36)40-18-19-43(60)53-46(40)62/h9-17,30,33,40,51H,4-8,18-29,31H2,1-3H3,(H,52,55)(H,53,60,62). The summed E-state index contributed by atoms with van der Waals surface area (Å²) in [6, 6.07) is 17.8. The molecular formula is C47H60F3N9O3. The molecule has 15 heteroatoms. The molecular weight excluding hydrogens is 796 g/mol. The maximum atomic E-state index is 13.6. The second-order valence-electron chi connectivity index (χ2n) is 17.0. The molecule has 4 heterocycles. The third-order valence-corrected chi connectivity index (χ3v) is 12.9. The lowest BCUT2D eigenvalue weighted by Gasteiger charge is -2.36. The zero-order valence-corrected chi connectivity index (χ0v) is 36.2.